The second-order valence-corrected chi connectivity index (χ2v) is 8.48. The quantitative estimate of drug-likeness (QED) is 0.489. The van der Waals surface area contributed by atoms with Crippen LogP contribution in [-0.2, 0) is 16.1 Å². The van der Waals surface area contributed by atoms with Crippen LogP contribution >= 0.6 is 11.8 Å². The number of carbonyl (C=O) groups is 2. The molecule has 0 radical (unpaired) electrons. The molecule has 1 heterocycles. The topological polar surface area (TPSA) is 79.2 Å². The van der Waals surface area contributed by atoms with Crippen molar-refractivity contribution in [2.75, 3.05) is 6.61 Å². The average Bonchev–Trinajstić information content (AvgIpc) is 3.09. The molecule has 1 N–H and O–H groups in total. The summed E-state index contributed by atoms with van der Waals surface area (Å²) in [5.74, 6) is -0.753. The fourth-order valence-corrected chi connectivity index (χ4v) is 4.22. The molecule has 3 aromatic carbocycles. The third-order valence-corrected chi connectivity index (χ3v) is 5.86. The number of ether oxygens (including phenoxy) is 1. The van der Waals surface area contributed by atoms with Gasteiger partial charge in [-0.3, -0.25) is 9.69 Å². The van der Waals surface area contributed by atoms with Crippen molar-refractivity contribution in [2.24, 2.45) is 4.99 Å². The highest BCUT2D eigenvalue weighted by molar-refractivity contribution is 8.18. The molecule has 1 aliphatic heterocycles. The van der Waals surface area contributed by atoms with Gasteiger partial charge in [0, 0.05) is 0 Å². The molecule has 3 aromatic rings. The maximum absolute atomic E-state index is 13.3. The number of benzene rings is 3. The molecule has 0 saturated carbocycles. The summed E-state index contributed by atoms with van der Waals surface area (Å²) in [6.45, 7) is 2.00. The Kier molecular flexibility index (Phi) is 6.90. The fraction of sp³-hybridized carbons (Fsp3) is 0.115. The Bertz CT molecular complexity index is 1220. The Morgan fingerprint density at radius 3 is 2.55 bits per heavy atom. The number of nitrogens with zero attached hydrogens (tertiary/aromatic N) is 2. The van der Waals surface area contributed by atoms with E-state index in [1.54, 1.807) is 29.2 Å². The summed E-state index contributed by atoms with van der Waals surface area (Å²) in [5, 5.41) is 9.43. The molecule has 7 heteroatoms. The molecule has 33 heavy (non-hydrogen) atoms. The lowest BCUT2D eigenvalue weighted by Crippen LogP contribution is -2.28. The molecule has 1 aliphatic rings. The maximum atomic E-state index is 13.3. The number of hydrogen-bond donors (Lipinski definition) is 1. The van der Waals surface area contributed by atoms with Gasteiger partial charge >= 0.3 is 5.97 Å². The van der Waals surface area contributed by atoms with Crippen molar-refractivity contribution in [1.29, 1.82) is 0 Å². The van der Waals surface area contributed by atoms with Crippen LogP contribution in [0.3, 0.4) is 0 Å². The van der Waals surface area contributed by atoms with Gasteiger partial charge in [0.2, 0.25) is 0 Å². The second kappa shape index (κ2) is 10.2. The molecule has 0 bridgehead atoms. The number of carboxylic acids is 1. The Balaban J connectivity index is 1.64. The van der Waals surface area contributed by atoms with Crippen molar-refractivity contribution in [3.05, 3.63) is 100 Å². The van der Waals surface area contributed by atoms with E-state index in [2.05, 4.69) is 0 Å². The van der Waals surface area contributed by atoms with Crippen LogP contribution < -0.4 is 4.74 Å². The molecule has 1 amide bonds. The highest BCUT2D eigenvalue weighted by atomic mass is 32.2. The molecule has 0 spiro atoms. The van der Waals surface area contributed by atoms with Crippen molar-refractivity contribution in [3.63, 3.8) is 0 Å². The first-order valence-electron chi connectivity index (χ1n) is 10.3. The molecule has 0 aliphatic carbocycles. The number of aliphatic carboxylic acids is 1. The average molecular weight is 459 g/mol. The summed E-state index contributed by atoms with van der Waals surface area (Å²) < 4.78 is 5.25. The summed E-state index contributed by atoms with van der Waals surface area (Å²) in [6, 6.07) is 24.6. The van der Waals surface area contributed by atoms with Gasteiger partial charge in [-0.2, -0.15) is 0 Å². The lowest BCUT2D eigenvalue weighted by Gasteiger charge is -2.15. The number of carbonyl (C=O) groups excluding carboxylic acids is 1. The summed E-state index contributed by atoms with van der Waals surface area (Å²) in [4.78, 5) is 31.0. The zero-order valence-electron chi connectivity index (χ0n) is 18.0. The van der Waals surface area contributed by atoms with Gasteiger partial charge in [0.15, 0.2) is 11.8 Å². The molecular weight excluding hydrogens is 436 g/mol. The first-order valence-corrected chi connectivity index (χ1v) is 11.1. The molecule has 6 nitrogen and oxygen atoms in total. The number of amides is 1. The van der Waals surface area contributed by atoms with E-state index >= 15 is 0 Å². The van der Waals surface area contributed by atoms with Crippen LogP contribution in [0.1, 0.15) is 16.7 Å². The predicted molar refractivity (Wildman–Crippen MR) is 130 cm³/mol. The van der Waals surface area contributed by atoms with E-state index in [4.69, 9.17) is 14.8 Å². The molecule has 166 valence electrons. The number of hydrogen-bond acceptors (Lipinski definition) is 5. The van der Waals surface area contributed by atoms with Crippen molar-refractivity contribution < 1.29 is 19.4 Å². The predicted octanol–water partition coefficient (Wildman–Crippen LogP) is 5.26. The van der Waals surface area contributed by atoms with Crippen LogP contribution in [0.5, 0.6) is 5.75 Å². The van der Waals surface area contributed by atoms with Crippen LogP contribution in [0.4, 0.5) is 5.69 Å². The van der Waals surface area contributed by atoms with Crippen molar-refractivity contribution in [3.8, 4) is 5.75 Å². The van der Waals surface area contributed by atoms with Gasteiger partial charge in [-0.05, 0) is 60.2 Å². The van der Waals surface area contributed by atoms with Crippen LogP contribution in [0.15, 0.2) is 88.8 Å². The van der Waals surface area contributed by atoms with Gasteiger partial charge in [-0.1, -0.05) is 60.2 Å². The smallest absolute Gasteiger partial charge is 0.341 e. The summed E-state index contributed by atoms with van der Waals surface area (Å²) in [7, 11) is 0. The monoisotopic (exact) mass is 458 g/mol. The third-order valence-electron chi connectivity index (χ3n) is 4.85. The molecule has 0 unspecified atom stereocenters. The van der Waals surface area contributed by atoms with Crippen molar-refractivity contribution >= 4 is 40.6 Å². The largest absolute Gasteiger partial charge is 0.482 e. The maximum Gasteiger partial charge on any atom is 0.341 e. The Morgan fingerprint density at radius 1 is 1.06 bits per heavy atom. The highest BCUT2D eigenvalue weighted by Gasteiger charge is 2.33. The Labute approximate surface area is 196 Å². The van der Waals surface area contributed by atoms with Crippen molar-refractivity contribution in [1.82, 2.24) is 4.90 Å². The first kappa shape index (κ1) is 22.4. The number of thioether (sulfide) groups is 1. The van der Waals surface area contributed by atoms with Gasteiger partial charge in [0.05, 0.1) is 17.1 Å². The number of amidine groups is 1. The molecule has 4 rings (SSSR count). The number of aryl methyl sites for hydroxylation is 1. The zero-order valence-corrected chi connectivity index (χ0v) is 18.8. The minimum absolute atomic E-state index is 0.133. The fourth-order valence-electron chi connectivity index (χ4n) is 3.22. The summed E-state index contributed by atoms with van der Waals surface area (Å²) in [5.41, 5.74) is 3.67. The highest BCUT2D eigenvalue weighted by Crippen LogP contribution is 2.35. The first-order chi connectivity index (χ1) is 16.0. The van der Waals surface area contributed by atoms with Crippen molar-refractivity contribution in [2.45, 2.75) is 13.5 Å². The van der Waals surface area contributed by atoms with Gasteiger partial charge in [0.1, 0.15) is 5.75 Å². The lowest BCUT2D eigenvalue weighted by atomic mass is 10.2. The minimum atomic E-state index is -1.05. The minimum Gasteiger partial charge on any atom is -0.482 e. The summed E-state index contributed by atoms with van der Waals surface area (Å²) >= 11 is 1.32. The van der Waals surface area contributed by atoms with E-state index in [-0.39, 0.29) is 5.91 Å². The normalized spacial score (nSPS) is 15.9. The van der Waals surface area contributed by atoms with Gasteiger partial charge in [0.25, 0.3) is 5.91 Å². The summed E-state index contributed by atoms with van der Waals surface area (Å²) in [6.07, 6.45) is 1.77. The zero-order chi connectivity index (χ0) is 23.2. The molecule has 0 aromatic heterocycles. The standard InChI is InChI=1S/C26H22N2O4S/c1-18-10-12-21(13-11-18)27-26-28(16-19-6-3-2-4-7-19)25(31)23(33-26)15-20-8-5-9-22(14-20)32-17-24(29)30/h2-15H,16-17H2,1H3,(H,29,30). The molecule has 0 atom stereocenters. The van der Waals surface area contributed by atoms with Gasteiger partial charge in [-0.25, -0.2) is 9.79 Å². The van der Waals surface area contributed by atoms with E-state index < -0.39 is 12.6 Å². The van der Waals surface area contributed by atoms with Crippen LogP contribution in [0, 0.1) is 6.92 Å². The van der Waals surface area contributed by atoms with E-state index in [9.17, 15) is 9.59 Å². The molecule has 1 saturated heterocycles. The van der Waals surface area contributed by atoms with E-state index in [0.29, 0.717) is 22.4 Å². The lowest BCUT2D eigenvalue weighted by molar-refractivity contribution is -0.139. The number of rotatable bonds is 7. The Morgan fingerprint density at radius 2 is 1.82 bits per heavy atom. The van der Waals surface area contributed by atoms with E-state index in [1.807, 2.05) is 67.6 Å². The van der Waals surface area contributed by atoms with E-state index in [0.717, 1.165) is 22.4 Å². The Hall–Kier alpha value is -3.84. The van der Waals surface area contributed by atoms with Crippen LogP contribution in [0.2, 0.25) is 0 Å². The van der Waals surface area contributed by atoms with Gasteiger partial charge < -0.3 is 9.84 Å². The SMILES string of the molecule is Cc1ccc(N=C2SC(=Cc3cccc(OCC(=O)O)c3)C(=O)N2Cc2ccccc2)cc1. The van der Waals surface area contributed by atoms with E-state index in [1.165, 1.54) is 11.8 Å². The molecular formula is C26H22N2O4S. The number of carboxylic acid groups (broad SMARTS) is 1. The van der Waals surface area contributed by atoms with Crippen LogP contribution in [-0.4, -0.2) is 33.7 Å². The molecule has 1 fully saturated rings. The third kappa shape index (κ3) is 5.90. The number of aliphatic imine (C=N–C) groups is 1. The second-order valence-electron chi connectivity index (χ2n) is 7.47. The van der Waals surface area contributed by atoms with Crippen LogP contribution in [0.25, 0.3) is 6.08 Å². The van der Waals surface area contributed by atoms with Gasteiger partial charge in [-0.15, -0.1) is 0 Å².